The van der Waals surface area contributed by atoms with E-state index in [4.69, 9.17) is 0 Å². The number of thiophene rings is 1. The predicted octanol–water partition coefficient (Wildman–Crippen LogP) is 4.21. The fourth-order valence-corrected chi connectivity index (χ4v) is 4.47. The molecule has 1 aromatic carbocycles. The van der Waals surface area contributed by atoms with Gasteiger partial charge in [-0.2, -0.15) is 0 Å². The Labute approximate surface area is 108 Å². The monoisotopic (exact) mass is 380 g/mol. The molecule has 1 aromatic heterocycles. The van der Waals surface area contributed by atoms with Gasteiger partial charge in [-0.3, -0.25) is 4.79 Å². The first-order valence-corrected chi connectivity index (χ1v) is 7.00. The van der Waals surface area contributed by atoms with Crippen LogP contribution in [0.2, 0.25) is 0 Å². The predicted molar refractivity (Wildman–Crippen MR) is 72.6 cm³/mol. The molecule has 0 radical (unpaired) electrons. The normalized spacial score (nSPS) is 10.7. The smallest absolute Gasteiger partial charge is 0.160 e. The fraction of sp³-hybridized carbons (Fsp3) is 0.100. The van der Waals surface area contributed by atoms with E-state index in [1.807, 2.05) is 6.07 Å². The second-order valence-corrected chi connectivity index (χ2v) is 5.65. The Morgan fingerprint density at radius 2 is 2.29 bits per heavy atom. The average molecular weight is 381 g/mol. The molecule has 0 unspecified atom stereocenters. The van der Waals surface area contributed by atoms with Crippen LogP contribution >= 0.6 is 49.9 Å². The van der Waals surface area contributed by atoms with Gasteiger partial charge in [0, 0.05) is 13.6 Å². The van der Waals surface area contributed by atoms with Gasteiger partial charge in [0.05, 0.1) is 4.88 Å². The summed E-state index contributed by atoms with van der Waals surface area (Å²) in [5.41, 5.74) is 1.28. The van der Waals surface area contributed by atoms with E-state index in [-0.39, 0.29) is 0 Å². The van der Waals surface area contributed by atoms with Crippen LogP contribution in [0.25, 0.3) is 10.1 Å². The first kappa shape index (κ1) is 10.6. The molecule has 2 aromatic rings. The van der Waals surface area contributed by atoms with Gasteiger partial charge in [-0.05, 0) is 45.7 Å². The maximum atomic E-state index is 10.7. The summed E-state index contributed by atoms with van der Waals surface area (Å²) in [6, 6.07) is 6.09. The molecule has 14 heavy (non-hydrogen) atoms. The Morgan fingerprint density at radius 1 is 1.50 bits per heavy atom. The Bertz CT molecular complexity index is 492. The van der Waals surface area contributed by atoms with Crippen molar-refractivity contribution in [1.29, 1.82) is 0 Å². The molecule has 0 N–H and O–H groups in total. The molecule has 0 saturated carbocycles. The van der Waals surface area contributed by atoms with Crippen molar-refractivity contribution in [3.8, 4) is 0 Å². The Morgan fingerprint density at radius 3 is 2.93 bits per heavy atom. The van der Waals surface area contributed by atoms with Crippen molar-refractivity contribution >= 4 is 66.2 Å². The number of aldehydes is 1. The lowest BCUT2D eigenvalue weighted by atomic mass is 10.2. The number of hydrogen-bond donors (Lipinski definition) is 0. The van der Waals surface area contributed by atoms with Gasteiger partial charge in [-0.1, -0.05) is 22.0 Å². The fourth-order valence-electron chi connectivity index (χ4n) is 1.34. The number of benzene rings is 1. The lowest BCUT2D eigenvalue weighted by molar-refractivity contribution is 0.112. The van der Waals surface area contributed by atoms with Gasteiger partial charge in [0.2, 0.25) is 0 Å². The Hall–Kier alpha value is 0.0600. The highest BCUT2D eigenvalue weighted by Gasteiger charge is 2.08. The number of carbonyl (C=O) groups excluding carboxylic acids is 1. The van der Waals surface area contributed by atoms with Gasteiger partial charge in [0.15, 0.2) is 6.29 Å². The van der Waals surface area contributed by atoms with Crippen molar-refractivity contribution < 1.29 is 4.79 Å². The first-order valence-electron chi connectivity index (χ1n) is 3.98. The highest BCUT2D eigenvalue weighted by Crippen LogP contribution is 2.32. The minimum Gasteiger partial charge on any atom is -0.297 e. The summed E-state index contributed by atoms with van der Waals surface area (Å²) >= 11 is 7.35. The quantitative estimate of drug-likeness (QED) is 0.433. The summed E-state index contributed by atoms with van der Waals surface area (Å²) in [6.07, 6.45) is 0.912. The molecule has 0 fully saturated rings. The van der Waals surface area contributed by atoms with Gasteiger partial charge in [0.25, 0.3) is 0 Å². The van der Waals surface area contributed by atoms with Crippen LogP contribution in [0, 0.1) is 3.57 Å². The third-order valence-electron chi connectivity index (χ3n) is 2.00. The van der Waals surface area contributed by atoms with Crippen LogP contribution in [0.4, 0.5) is 0 Å². The number of halogens is 2. The zero-order valence-electron chi connectivity index (χ0n) is 7.09. The van der Waals surface area contributed by atoms with E-state index in [9.17, 15) is 4.79 Å². The average Bonchev–Trinajstić information content (AvgIpc) is 2.60. The molecule has 4 heteroatoms. The summed E-state index contributed by atoms with van der Waals surface area (Å²) in [7, 11) is 0. The SMILES string of the molecule is O=Cc1cc2ccc(I)c(CBr)c2s1. The van der Waals surface area contributed by atoms with Gasteiger partial charge in [0.1, 0.15) is 0 Å². The zero-order valence-corrected chi connectivity index (χ0v) is 11.6. The van der Waals surface area contributed by atoms with Crippen LogP contribution in [0.5, 0.6) is 0 Å². The second kappa shape index (κ2) is 4.28. The standard InChI is InChI=1S/C10H6BrIOS/c11-4-8-9(12)2-1-6-3-7(5-13)14-10(6)8/h1-3,5H,4H2. The van der Waals surface area contributed by atoms with E-state index in [0.717, 1.165) is 21.9 Å². The number of carbonyl (C=O) groups is 1. The molecule has 0 amide bonds. The molecule has 72 valence electrons. The second-order valence-electron chi connectivity index (χ2n) is 2.84. The summed E-state index contributed by atoms with van der Waals surface area (Å²) in [5.74, 6) is 0. The minimum absolute atomic E-state index is 0.796. The van der Waals surface area contributed by atoms with Gasteiger partial charge in [-0.15, -0.1) is 11.3 Å². The minimum atomic E-state index is 0.796. The molecular weight excluding hydrogens is 375 g/mol. The molecule has 0 spiro atoms. The van der Waals surface area contributed by atoms with Crippen molar-refractivity contribution in [2.45, 2.75) is 5.33 Å². The van der Waals surface area contributed by atoms with Crippen molar-refractivity contribution in [1.82, 2.24) is 0 Å². The van der Waals surface area contributed by atoms with Crippen molar-refractivity contribution in [3.63, 3.8) is 0 Å². The highest BCUT2D eigenvalue weighted by molar-refractivity contribution is 14.1. The number of hydrogen-bond acceptors (Lipinski definition) is 2. The lowest BCUT2D eigenvalue weighted by Crippen LogP contribution is -1.82. The molecule has 0 aliphatic rings. The molecule has 2 rings (SSSR count). The van der Waals surface area contributed by atoms with Crippen molar-refractivity contribution in [3.05, 3.63) is 32.2 Å². The number of rotatable bonds is 2. The summed E-state index contributed by atoms with van der Waals surface area (Å²) < 4.78 is 2.46. The zero-order chi connectivity index (χ0) is 10.1. The van der Waals surface area contributed by atoms with Crippen LogP contribution in [0.1, 0.15) is 15.2 Å². The molecular formula is C10H6BrIOS. The summed E-state index contributed by atoms with van der Waals surface area (Å²) in [4.78, 5) is 11.5. The van der Waals surface area contributed by atoms with Crippen molar-refractivity contribution in [2.75, 3.05) is 0 Å². The number of alkyl halides is 1. The highest BCUT2D eigenvalue weighted by atomic mass is 127. The van der Waals surface area contributed by atoms with E-state index >= 15 is 0 Å². The third kappa shape index (κ3) is 1.75. The molecule has 0 atom stereocenters. The molecule has 0 aliphatic heterocycles. The number of fused-ring (bicyclic) bond motifs is 1. The van der Waals surface area contributed by atoms with Crippen LogP contribution in [-0.2, 0) is 5.33 Å². The van der Waals surface area contributed by atoms with Crippen molar-refractivity contribution in [2.24, 2.45) is 0 Å². The van der Waals surface area contributed by atoms with Gasteiger partial charge < -0.3 is 0 Å². The molecule has 1 heterocycles. The van der Waals surface area contributed by atoms with E-state index in [1.54, 1.807) is 11.3 Å². The summed E-state index contributed by atoms with van der Waals surface area (Å²) in [6.45, 7) is 0. The first-order chi connectivity index (χ1) is 6.76. The summed E-state index contributed by atoms with van der Waals surface area (Å²) in [5, 5.41) is 1.99. The lowest BCUT2D eigenvalue weighted by Gasteiger charge is -2.00. The van der Waals surface area contributed by atoms with E-state index in [1.165, 1.54) is 13.8 Å². The third-order valence-corrected chi connectivity index (χ3v) is 4.71. The van der Waals surface area contributed by atoms with E-state index in [2.05, 4.69) is 50.7 Å². The molecule has 0 saturated heterocycles. The maximum Gasteiger partial charge on any atom is 0.160 e. The van der Waals surface area contributed by atoms with Crippen LogP contribution in [-0.4, -0.2) is 6.29 Å². The Kier molecular flexibility index (Phi) is 3.23. The molecule has 0 bridgehead atoms. The molecule has 1 nitrogen and oxygen atoms in total. The maximum absolute atomic E-state index is 10.7. The van der Waals surface area contributed by atoms with E-state index in [0.29, 0.717) is 0 Å². The molecule has 0 aliphatic carbocycles. The van der Waals surface area contributed by atoms with Crippen LogP contribution in [0.3, 0.4) is 0 Å². The van der Waals surface area contributed by atoms with Gasteiger partial charge in [-0.25, -0.2) is 0 Å². The Balaban J connectivity index is 2.79. The van der Waals surface area contributed by atoms with Gasteiger partial charge >= 0.3 is 0 Å². The van der Waals surface area contributed by atoms with Crippen LogP contribution < -0.4 is 0 Å². The van der Waals surface area contributed by atoms with Crippen LogP contribution in [0.15, 0.2) is 18.2 Å². The van der Waals surface area contributed by atoms with E-state index < -0.39 is 0 Å². The topological polar surface area (TPSA) is 17.1 Å². The largest absolute Gasteiger partial charge is 0.297 e.